The van der Waals surface area contributed by atoms with Crippen LogP contribution < -0.4 is 9.47 Å². The van der Waals surface area contributed by atoms with Crippen LogP contribution in [0.5, 0.6) is 11.5 Å². The number of carbonyl (C=O) groups excluding carboxylic acids is 1. The zero-order chi connectivity index (χ0) is 23.6. The Morgan fingerprint density at radius 3 is 2.64 bits per heavy atom. The summed E-state index contributed by atoms with van der Waals surface area (Å²) in [4.78, 5) is 18.6. The Kier molecular flexibility index (Phi) is 7.15. The molecule has 2 aliphatic heterocycles. The molecule has 2 aliphatic rings. The number of hydrogen-bond acceptors (Lipinski definition) is 7. The molecule has 0 unspecified atom stereocenters. The third-order valence-corrected chi connectivity index (χ3v) is 7.39. The van der Waals surface area contributed by atoms with Gasteiger partial charge in [-0.1, -0.05) is 11.6 Å². The van der Waals surface area contributed by atoms with E-state index in [9.17, 15) is 10.1 Å². The first-order chi connectivity index (χ1) is 15.8. The van der Waals surface area contributed by atoms with E-state index in [1.807, 2.05) is 24.0 Å². The molecule has 9 heteroatoms. The van der Waals surface area contributed by atoms with Gasteiger partial charge in [0.2, 0.25) is 6.10 Å². The minimum absolute atomic E-state index is 0.0716. The van der Waals surface area contributed by atoms with Crippen LogP contribution >= 0.6 is 22.9 Å². The van der Waals surface area contributed by atoms with Crippen molar-refractivity contribution in [2.45, 2.75) is 38.5 Å². The van der Waals surface area contributed by atoms with Crippen molar-refractivity contribution in [2.24, 2.45) is 0 Å². The largest absolute Gasteiger partial charge is 0.490 e. The molecular formula is C24H28ClN3O4S. The van der Waals surface area contributed by atoms with E-state index in [4.69, 9.17) is 25.8 Å². The van der Waals surface area contributed by atoms with Gasteiger partial charge < -0.3 is 19.1 Å². The van der Waals surface area contributed by atoms with E-state index in [0.717, 1.165) is 18.0 Å². The number of rotatable bonds is 8. The zero-order valence-electron chi connectivity index (χ0n) is 19.0. The van der Waals surface area contributed by atoms with Gasteiger partial charge in [0, 0.05) is 36.1 Å². The van der Waals surface area contributed by atoms with Crippen molar-refractivity contribution in [2.75, 3.05) is 39.5 Å². The smallest absolute Gasteiger partial charge is 0.266 e. The molecule has 1 amide bonds. The van der Waals surface area contributed by atoms with Crippen LogP contribution in [0.15, 0.2) is 30.3 Å². The molecule has 4 rings (SSSR count). The quantitative estimate of drug-likeness (QED) is 0.519. The lowest BCUT2D eigenvalue weighted by molar-refractivity contribution is -0.168. The van der Waals surface area contributed by atoms with Crippen molar-refractivity contribution in [3.8, 4) is 17.6 Å². The lowest BCUT2D eigenvalue weighted by atomic mass is 9.91. The number of nitriles is 1. The monoisotopic (exact) mass is 489 g/mol. The van der Waals surface area contributed by atoms with E-state index in [2.05, 4.69) is 24.8 Å². The van der Waals surface area contributed by atoms with E-state index in [1.165, 1.54) is 11.3 Å². The lowest BCUT2D eigenvalue weighted by Crippen LogP contribution is -2.66. The molecule has 176 valence electrons. The van der Waals surface area contributed by atoms with Gasteiger partial charge in [-0.2, -0.15) is 5.26 Å². The highest BCUT2D eigenvalue weighted by atomic mass is 35.5. The molecule has 7 nitrogen and oxygen atoms in total. The number of benzene rings is 1. The van der Waals surface area contributed by atoms with Crippen molar-refractivity contribution in [3.05, 3.63) is 45.1 Å². The number of halogens is 1. The Morgan fingerprint density at radius 1 is 1.24 bits per heavy atom. The SMILES string of the molecule is CCOc1cc(C#N)ccc1O[C@H]1C(=O)N(CC(C)(C)N2CCOCC2)[C@@H]1c1ccc(Cl)s1. The minimum Gasteiger partial charge on any atom is -0.490 e. The predicted molar refractivity (Wildman–Crippen MR) is 127 cm³/mol. The molecule has 33 heavy (non-hydrogen) atoms. The molecule has 2 fully saturated rings. The zero-order valence-corrected chi connectivity index (χ0v) is 20.6. The summed E-state index contributed by atoms with van der Waals surface area (Å²) in [7, 11) is 0. The number of hydrogen-bond donors (Lipinski definition) is 0. The molecule has 0 N–H and O–H groups in total. The first-order valence-electron chi connectivity index (χ1n) is 11.1. The number of likely N-dealkylation sites (tertiary alicyclic amines) is 1. The molecule has 3 heterocycles. The highest BCUT2D eigenvalue weighted by molar-refractivity contribution is 7.16. The number of morpholine rings is 1. The number of nitrogens with zero attached hydrogens (tertiary/aromatic N) is 3. The second-order valence-corrected chi connectivity index (χ2v) is 10.5. The Balaban J connectivity index is 1.59. The summed E-state index contributed by atoms with van der Waals surface area (Å²) in [5.74, 6) is 0.839. The summed E-state index contributed by atoms with van der Waals surface area (Å²) in [5.41, 5.74) is 0.260. The molecule has 2 atom stereocenters. The van der Waals surface area contributed by atoms with Gasteiger partial charge in [0.15, 0.2) is 11.5 Å². The second kappa shape index (κ2) is 9.90. The maximum Gasteiger partial charge on any atom is 0.266 e. The Labute approximate surface area is 203 Å². The van der Waals surface area contributed by atoms with Gasteiger partial charge in [-0.05, 0) is 45.0 Å². The van der Waals surface area contributed by atoms with Crippen LogP contribution in [-0.2, 0) is 9.53 Å². The fourth-order valence-electron chi connectivity index (χ4n) is 4.36. The first-order valence-corrected chi connectivity index (χ1v) is 12.3. The molecule has 0 radical (unpaired) electrons. The summed E-state index contributed by atoms with van der Waals surface area (Å²) in [5, 5.41) is 9.22. The molecule has 0 aliphatic carbocycles. The number of carbonyl (C=O) groups is 1. The summed E-state index contributed by atoms with van der Waals surface area (Å²) < 4.78 is 18.1. The minimum atomic E-state index is -0.688. The maximum absolute atomic E-state index is 13.3. The third-order valence-electron chi connectivity index (χ3n) is 6.09. The molecule has 1 aromatic carbocycles. The van der Waals surface area contributed by atoms with Gasteiger partial charge in [0.25, 0.3) is 5.91 Å². The number of ether oxygens (including phenoxy) is 3. The fourth-order valence-corrected chi connectivity index (χ4v) is 5.56. The number of amides is 1. The maximum atomic E-state index is 13.3. The Morgan fingerprint density at radius 2 is 2.00 bits per heavy atom. The van der Waals surface area contributed by atoms with Gasteiger partial charge in [-0.25, -0.2) is 0 Å². The van der Waals surface area contributed by atoms with Crippen LogP contribution in [-0.4, -0.2) is 66.8 Å². The van der Waals surface area contributed by atoms with Crippen molar-refractivity contribution in [1.29, 1.82) is 5.26 Å². The van der Waals surface area contributed by atoms with Gasteiger partial charge >= 0.3 is 0 Å². The highest BCUT2D eigenvalue weighted by Crippen LogP contribution is 2.44. The van der Waals surface area contributed by atoms with Crippen molar-refractivity contribution < 1.29 is 19.0 Å². The van der Waals surface area contributed by atoms with E-state index in [0.29, 0.717) is 47.8 Å². The van der Waals surface area contributed by atoms with Crippen LogP contribution in [0.1, 0.15) is 37.3 Å². The molecular weight excluding hydrogens is 462 g/mol. The number of β-lactam (4-membered cyclic amide) rings is 1. The summed E-state index contributed by atoms with van der Waals surface area (Å²) in [6.45, 7) is 10.3. The normalized spacial score (nSPS) is 21.4. The first kappa shape index (κ1) is 23.8. The van der Waals surface area contributed by atoms with E-state index in [1.54, 1.807) is 18.2 Å². The van der Waals surface area contributed by atoms with Crippen LogP contribution in [0, 0.1) is 11.3 Å². The Hall–Kier alpha value is -2.31. The Bertz CT molecular complexity index is 1040. The summed E-state index contributed by atoms with van der Waals surface area (Å²) in [6, 6.07) is 10.7. The molecule has 2 aromatic rings. The fraction of sp³-hybridized carbons (Fsp3) is 0.500. The van der Waals surface area contributed by atoms with Crippen molar-refractivity contribution in [1.82, 2.24) is 9.80 Å². The lowest BCUT2D eigenvalue weighted by Gasteiger charge is -2.51. The molecule has 0 saturated carbocycles. The van der Waals surface area contributed by atoms with Crippen LogP contribution in [0.3, 0.4) is 0 Å². The standard InChI is InChI=1S/C24H28ClN3O4S/c1-4-31-18-13-16(14-26)5-6-17(18)32-22-21(19-7-8-20(25)33-19)28(23(22)29)15-24(2,3)27-9-11-30-12-10-27/h5-8,13,21-22H,4,9-12,15H2,1-3H3/t21-,22-/m1/s1. The van der Waals surface area contributed by atoms with Gasteiger partial charge in [-0.3, -0.25) is 9.69 Å². The predicted octanol–water partition coefficient (Wildman–Crippen LogP) is 4.11. The second-order valence-electron chi connectivity index (χ2n) is 8.71. The molecule has 0 bridgehead atoms. The third kappa shape index (κ3) is 4.97. The number of thiophene rings is 1. The molecule has 0 spiro atoms. The molecule has 1 aromatic heterocycles. The van der Waals surface area contributed by atoms with Crippen molar-refractivity contribution >= 4 is 28.8 Å². The topological polar surface area (TPSA) is 75.0 Å². The van der Waals surface area contributed by atoms with Crippen LogP contribution in [0.4, 0.5) is 0 Å². The van der Waals surface area contributed by atoms with Gasteiger partial charge in [0.05, 0.1) is 35.8 Å². The average molecular weight is 490 g/mol. The van der Waals surface area contributed by atoms with Gasteiger partial charge in [0.1, 0.15) is 6.04 Å². The van der Waals surface area contributed by atoms with Crippen LogP contribution in [0.2, 0.25) is 4.34 Å². The van der Waals surface area contributed by atoms with E-state index in [-0.39, 0.29) is 17.5 Å². The van der Waals surface area contributed by atoms with Gasteiger partial charge in [-0.15, -0.1) is 11.3 Å². The van der Waals surface area contributed by atoms with E-state index < -0.39 is 6.10 Å². The molecule has 2 saturated heterocycles. The summed E-state index contributed by atoms with van der Waals surface area (Å²) in [6.07, 6.45) is -0.688. The summed E-state index contributed by atoms with van der Waals surface area (Å²) >= 11 is 7.69. The van der Waals surface area contributed by atoms with Crippen molar-refractivity contribution in [3.63, 3.8) is 0 Å². The highest BCUT2D eigenvalue weighted by Gasteiger charge is 2.53. The van der Waals surface area contributed by atoms with Crippen LogP contribution in [0.25, 0.3) is 0 Å². The van der Waals surface area contributed by atoms with E-state index >= 15 is 0 Å². The average Bonchev–Trinajstić information content (AvgIpc) is 3.24.